The van der Waals surface area contributed by atoms with Gasteiger partial charge in [-0.3, -0.25) is 4.79 Å². The van der Waals surface area contributed by atoms with Crippen LogP contribution in [0, 0.1) is 0 Å². The maximum Gasteiger partial charge on any atom is 0.325 e. The van der Waals surface area contributed by atoms with Crippen LogP contribution in [-0.2, 0) is 26.2 Å². The first kappa shape index (κ1) is 12.7. The summed E-state index contributed by atoms with van der Waals surface area (Å²) >= 11 is 0. The van der Waals surface area contributed by atoms with Gasteiger partial charge in [-0.1, -0.05) is 30.3 Å². The summed E-state index contributed by atoms with van der Waals surface area (Å²) in [6, 6.07) is 8.97. The molecule has 0 heterocycles. The van der Waals surface area contributed by atoms with E-state index in [1.165, 1.54) is 6.92 Å². The van der Waals surface area contributed by atoms with Gasteiger partial charge in [0, 0.05) is 0 Å². The second-order valence-electron chi connectivity index (χ2n) is 3.32. The summed E-state index contributed by atoms with van der Waals surface area (Å²) in [6.45, 7) is 1.24. The fourth-order valence-corrected chi connectivity index (χ4v) is 1.32. The van der Waals surface area contributed by atoms with Crippen LogP contribution in [0.3, 0.4) is 0 Å². The number of hydrogen-bond donors (Lipinski definition) is 1. The summed E-state index contributed by atoms with van der Waals surface area (Å²) in [7, 11) is -3.88. The third-order valence-corrected chi connectivity index (χ3v) is 3.23. The highest BCUT2D eigenvalue weighted by Crippen LogP contribution is 2.04. The van der Waals surface area contributed by atoms with Crippen molar-refractivity contribution in [1.82, 2.24) is 0 Å². The van der Waals surface area contributed by atoms with Crippen LogP contribution < -0.4 is 5.14 Å². The molecule has 0 spiro atoms. The van der Waals surface area contributed by atoms with Gasteiger partial charge in [0.15, 0.2) is 5.25 Å². The van der Waals surface area contributed by atoms with Gasteiger partial charge in [-0.05, 0) is 12.5 Å². The highest BCUT2D eigenvalue weighted by molar-refractivity contribution is 7.90. The van der Waals surface area contributed by atoms with Crippen LogP contribution in [0.25, 0.3) is 0 Å². The molecule has 1 atom stereocenters. The van der Waals surface area contributed by atoms with Crippen molar-refractivity contribution in [1.29, 1.82) is 0 Å². The number of sulfonamides is 1. The van der Waals surface area contributed by atoms with Gasteiger partial charge < -0.3 is 4.74 Å². The van der Waals surface area contributed by atoms with Crippen molar-refractivity contribution < 1.29 is 17.9 Å². The zero-order valence-electron chi connectivity index (χ0n) is 8.79. The lowest BCUT2D eigenvalue weighted by Crippen LogP contribution is -2.34. The van der Waals surface area contributed by atoms with Crippen molar-refractivity contribution in [3.8, 4) is 0 Å². The highest BCUT2D eigenvalue weighted by Gasteiger charge is 2.25. The summed E-state index contributed by atoms with van der Waals surface area (Å²) in [5, 5.41) is 3.48. The first-order chi connectivity index (χ1) is 7.41. The molecule has 0 aliphatic carbocycles. The van der Waals surface area contributed by atoms with Crippen molar-refractivity contribution in [2.75, 3.05) is 0 Å². The number of nitrogens with two attached hydrogens (primary N) is 1. The Bertz CT molecular complexity index is 455. The van der Waals surface area contributed by atoms with Crippen LogP contribution in [0.1, 0.15) is 12.5 Å². The topological polar surface area (TPSA) is 86.5 Å². The number of carbonyl (C=O) groups excluding carboxylic acids is 1. The minimum atomic E-state index is -3.88. The molecule has 0 aromatic heterocycles. The molecule has 0 aliphatic rings. The molecular formula is C10H13NO4S. The standard InChI is InChI=1S/C10H13NO4S/c1-8(16(11,13)14)10(12)15-7-9-5-3-2-4-6-9/h2-6,8H,7H2,1H3,(H2,11,13,14)/t8-/m0/s1. The van der Waals surface area contributed by atoms with Gasteiger partial charge in [-0.2, -0.15) is 0 Å². The predicted molar refractivity (Wildman–Crippen MR) is 58.8 cm³/mol. The van der Waals surface area contributed by atoms with Crippen molar-refractivity contribution in [2.45, 2.75) is 18.8 Å². The van der Waals surface area contributed by atoms with E-state index in [9.17, 15) is 13.2 Å². The van der Waals surface area contributed by atoms with E-state index in [1.54, 1.807) is 24.3 Å². The second-order valence-corrected chi connectivity index (χ2v) is 5.21. The summed E-state index contributed by atoms with van der Waals surface area (Å²) in [6.07, 6.45) is 0. The average molecular weight is 243 g/mol. The monoisotopic (exact) mass is 243 g/mol. The molecule has 2 N–H and O–H groups in total. The average Bonchev–Trinajstić information content (AvgIpc) is 2.25. The fourth-order valence-electron chi connectivity index (χ4n) is 0.980. The summed E-state index contributed by atoms with van der Waals surface area (Å²) < 4.78 is 26.5. The number of hydrogen-bond acceptors (Lipinski definition) is 4. The van der Waals surface area contributed by atoms with Gasteiger partial charge in [-0.25, -0.2) is 13.6 Å². The molecule has 0 unspecified atom stereocenters. The molecule has 0 amide bonds. The van der Waals surface area contributed by atoms with Crippen LogP contribution in [0.15, 0.2) is 30.3 Å². The van der Waals surface area contributed by atoms with E-state index in [0.29, 0.717) is 0 Å². The highest BCUT2D eigenvalue weighted by atomic mass is 32.2. The molecular weight excluding hydrogens is 230 g/mol. The molecule has 0 saturated heterocycles. The Kier molecular flexibility index (Phi) is 4.03. The first-order valence-electron chi connectivity index (χ1n) is 4.63. The normalized spacial score (nSPS) is 13.1. The molecule has 0 saturated carbocycles. The van der Waals surface area contributed by atoms with E-state index in [-0.39, 0.29) is 6.61 Å². The molecule has 88 valence electrons. The number of primary sulfonamides is 1. The molecule has 6 heteroatoms. The molecule has 1 aromatic rings. The molecule has 16 heavy (non-hydrogen) atoms. The predicted octanol–water partition coefficient (Wildman–Crippen LogP) is 0.407. The minimum absolute atomic E-state index is 0.0412. The lowest BCUT2D eigenvalue weighted by Gasteiger charge is -2.09. The summed E-state index contributed by atoms with van der Waals surface area (Å²) in [5.74, 6) is -0.841. The van der Waals surface area contributed by atoms with Gasteiger partial charge in [0.25, 0.3) is 0 Å². The third kappa shape index (κ3) is 3.63. The zero-order chi connectivity index (χ0) is 12.2. The van der Waals surface area contributed by atoms with Crippen LogP contribution in [0.2, 0.25) is 0 Å². The Balaban J connectivity index is 2.54. The van der Waals surface area contributed by atoms with Gasteiger partial charge in [0.05, 0.1) is 0 Å². The Morgan fingerprint density at radius 3 is 2.44 bits per heavy atom. The van der Waals surface area contributed by atoms with Gasteiger partial charge in [0.2, 0.25) is 10.0 Å². The molecule has 5 nitrogen and oxygen atoms in total. The molecule has 1 rings (SSSR count). The Morgan fingerprint density at radius 1 is 1.38 bits per heavy atom. The molecule has 0 radical (unpaired) electrons. The summed E-state index contributed by atoms with van der Waals surface area (Å²) in [4.78, 5) is 11.3. The van der Waals surface area contributed by atoms with Gasteiger partial charge in [0.1, 0.15) is 6.61 Å². The van der Waals surface area contributed by atoms with Crippen LogP contribution in [0.4, 0.5) is 0 Å². The molecule has 0 bridgehead atoms. The second kappa shape index (κ2) is 5.09. The first-order valence-corrected chi connectivity index (χ1v) is 6.24. The molecule has 1 aromatic carbocycles. The van der Waals surface area contributed by atoms with E-state index in [0.717, 1.165) is 5.56 Å². The summed E-state index contributed by atoms with van der Waals surface area (Å²) in [5.41, 5.74) is 0.789. The van der Waals surface area contributed by atoms with Crippen LogP contribution in [-0.4, -0.2) is 19.6 Å². The van der Waals surface area contributed by atoms with Crippen LogP contribution >= 0.6 is 0 Å². The van der Waals surface area contributed by atoms with Crippen molar-refractivity contribution in [2.24, 2.45) is 5.14 Å². The fraction of sp³-hybridized carbons (Fsp3) is 0.300. The lowest BCUT2D eigenvalue weighted by atomic mass is 10.2. The largest absolute Gasteiger partial charge is 0.460 e. The molecule has 0 aliphatic heterocycles. The van der Waals surface area contributed by atoms with Crippen molar-refractivity contribution >= 4 is 16.0 Å². The lowest BCUT2D eigenvalue weighted by molar-refractivity contribution is -0.144. The Labute approximate surface area is 94.3 Å². The maximum absolute atomic E-state index is 11.3. The van der Waals surface area contributed by atoms with Crippen molar-refractivity contribution in [3.63, 3.8) is 0 Å². The SMILES string of the molecule is C[C@@H](C(=O)OCc1ccccc1)S(N)(=O)=O. The third-order valence-electron chi connectivity index (χ3n) is 2.05. The van der Waals surface area contributed by atoms with E-state index in [2.05, 4.69) is 0 Å². The van der Waals surface area contributed by atoms with E-state index < -0.39 is 21.2 Å². The van der Waals surface area contributed by atoms with Gasteiger partial charge >= 0.3 is 5.97 Å². The van der Waals surface area contributed by atoms with Crippen molar-refractivity contribution in [3.05, 3.63) is 35.9 Å². The van der Waals surface area contributed by atoms with E-state index in [1.807, 2.05) is 6.07 Å². The number of ether oxygens (including phenoxy) is 1. The number of rotatable bonds is 4. The number of esters is 1. The Morgan fingerprint density at radius 2 is 1.94 bits per heavy atom. The maximum atomic E-state index is 11.3. The van der Waals surface area contributed by atoms with E-state index in [4.69, 9.17) is 9.88 Å². The smallest absolute Gasteiger partial charge is 0.325 e. The van der Waals surface area contributed by atoms with Gasteiger partial charge in [-0.15, -0.1) is 0 Å². The molecule has 0 fully saturated rings. The van der Waals surface area contributed by atoms with E-state index >= 15 is 0 Å². The number of benzene rings is 1. The minimum Gasteiger partial charge on any atom is -0.460 e. The van der Waals surface area contributed by atoms with Crippen LogP contribution in [0.5, 0.6) is 0 Å². The zero-order valence-corrected chi connectivity index (χ0v) is 9.61. The number of carbonyl (C=O) groups is 1. The Hall–Kier alpha value is -1.40. The quantitative estimate of drug-likeness (QED) is 0.776.